The Hall–Kier alpha value is -3.46. The number of carbonyl (C=O) groups excluding carboxylic acids is 3. The minimum absolute atomic E-state index is 0.116. The third kappa shape index (κ3) is 5.51. The first-order valence-corrected chi connectivity index (χ1v) is 16.2. The SMILES string of the molecule is C=CCN(Cc1ccccc1)C(=O)[C@H]1[C@H]2C(=O)N([C@@H](CO)[C@@H](C)CC)C(C(=O)N(CC=C)c3ccccc3Cl)C23CC[C@]1(C)O3. The monoisotopic (exact) mass is 633 g/mol. The topological polar surface area (TPSA) is 90.4 Å². The van der Waals surface area contributed by atoms with Crippen molar-refractivity contribution in [3.63, 3.8) is 0 Å². The summed E-state index contributed by atoms with van der Waals surface area (Å²) in [6, 6.07) is 15.0. The molecule has 3 aliphatic heterocycles. The van der Waals surface area contributed by atoms with Gasteiger partial charge in [0.1, 0.15) is 11.6 Å². The third-order valence-corrected chi connectivity index (χ3v) is 10.5. The molecular formula is C36H44ClN3O5. The van der Waals surface area contributed by atoms with E-state index < -0.39 is 35.1 Å². The molecule has 8 nitrogen and oxygen atoms in total. The number of likely N-dealkylation sites (tertiary alicyclic amines) is 1. The standard InChI is InChI=1S/C36H44ClN3O5/c1-6-20-38(22-25-14-10-9-11-15-25)32(42)29-30-33(43)40(28(23-41)24(4)8-3)31(36(30)19-18-35(29,5)45-36)34(44)39(21-7-2)27-17-13-12-16-26(27)37/h6-7,9-17,24,28-31,41H,1-2,8,18-23H2,3-5H3/t24-,28-,29+,30-,31?,35-,36?/m0/s1. The smallest absolute Gasteiger partial charge is 0.253 e. The molecule has 3 aliphatic rings. The summed E-state index contributed by atoms with van der Waals surface area (Å²) in [5, 5.41) is 11.1. The van der Waals surface area contributed by atoms with Gasteiger partial charge in [0.05, 0.1) is 40.8 Å². The summed E-state index contributed by atoms with van der Waals surface area (Å²) < 4.78 is 6.90. The van der Waals surface area contributed by atoms with E-state index in [1.54, 1.807) is 46.2 Å². The van der Waals surface area contributed by atoms with Gasteiger partial charge in [-0.2, -0.15) is 0 Å². The minimum atomic E-state index is -1.25. The molecule has 7 atom stereocenters. The average Bonchev–Trinajstić information content (AvgIpc) is 3.61. The van der Waals surface area contributed by atoms with Crippen molar-refractivity contribution >= 4 is 35.0 Å². The van der Waals surface area contributed by atoms with E-state index in [0.717, 1.165) is 5.56 Å². The normalized spacial score (nSPS) is 28.0. The second kappa shape index (κ2) is 13.1. The van der Waals surface area contributed by atoms with Crippen molar-refractivity contribution in [1.29, 1.82) is 0 Å². The van der Waals surface area contributed by atoms with Crippen molar-refractivity contribution in [2.45, 2.75) is 69.9 Å². The van der Waals surface area contributed by atoms with Gasteiger partial charge < -0.3 is 24.5 Å². The fourth-order valence-corrected chi connectivity index (χ4v) is 8.07. The Bertz CT molecular complexity index is 1450. The molecule has 1 N–H and O–H groups in total. The van der Waals surface area contributed by atoms with Crippen LogP contribution in [0.4, 0.5) is 5.69 Å². The van der Waals surface area contributed by atoms with Gasteiger partial charge >= 0.3 is 0 Å². The largest absolute Gasteiger partial charge is 0.394 e. The van der Waals surface area contributed by atoms with Crippen LogP contribution in [0.3, 0.4) is 0 Å². The van der Waals surface area contributed by atoms with Gasteiger partial charge in [-0.15, -0.1) is 13.2 Å². The molecule has 2 aromatic rings. The summed E-state index contributed by atoms with van der Waals surface area (Å²) in [5.74, 6) is -2.72. The van der Waals surface area contributed by atoms with Crippen LogP contribution in [0.1, 0.15) is 45.6 Å². The van der Waals surface area contributed by atoms with E-state index in [-0.39, 0.29) is 36.8 Å². The van der Waals surface area contributed by atoms with E-state index in [9.17, 15) is 19.5 Å². The van der Waals surface area contributed by atoms with Gasteiger partial charge in [0.25, 0.3) is 5.91 Å². The highest BCUT2D eigenvalue weighted by molar-refractivity contribution is 6.34. The van der Waals surface area contributed by atoms with Crippen LogP contribution in [-0.4, -0.2) is 75.6 Å². The van der Waals surface area contributed by atoms with E-state index in [1.807, 2.05) is 51.1 Å². The lowest BCUT2D eigenvalue weighted by molar-refractivity contribution is -0.153. The maximum Gasteiger partial charge on any atom is 0.253 e. The molecule has 3 saturated heterocycles. The van der Waals surface area contributed by atoms with Gasteiger partial charge in [0.15, 0.2) is 0 Å². The molecular weight excluding hydrogens is 590 g/mol. The first-order valence-electron chi connectivity index (χ1n) is 15.8. The van der Waals surface area contributed by atoms with Gasteiger partial charge in [0, 0.05) is 19.6 Å². The molecule has 0 aromatic heterocycles. The molecule has 3 amide bonds. The summed E-state index contributed by atoms with van der Waals surface area (Å²) in [6.07, 6.45) is 4.93. The van der Waals surface area contributed by atoms with Crippen LogP contribution in [-0.2, 0) is 25.7 Å². The van der Waals surface area contributed by atoms with Gasteiger partial charge in [-0.3, -0.25) is 14.4 Å². The average molecular weight is 634 g/mol. The highest BCUT2D eigenvalue weighted by Crippen LogP contribution is 2.64. The molecule has 45 heavy (non-hydrogen) atoms. The van der Waals surface area contributed by atoms with Crippen molar-refractivity contribution in [2.24, 2.45) is 17.8 Å². The predicted octanol–water partition coefficient (Wildman–Crippen LogP) is 5.25. The first-order chi connectivity index (χ1) is 21.6. The Morgan fingerprint density at radius 1 is 1.09 bits per heavy atom. The fraction of sp³-hybridized carbons (Fsp3) is 0.472. The molecule has 2 aromatic carbocycles. The van der Waals surface area contributed by atoms with E-state index >= 15 is 0 Å². The summed E-state index contributed by atoms with van der Waals surface area (Å²) in [5.41, 5.74) is -0.748. The Kier molecular flexibility index (Phi) is 9.59. The Morgan fingerprint density at radius 2 is 1.76 bits per heavy atom. The number of fused-ring (bicyclic) bond motifs is 1. The molecule has 0 aliphatic carbocycles. The minimum Gasteiger partial charge on any atom is -0.394 e. The lowest BCUT2D eigenvalue weighted by Gasteiger charge is -2.41. The van der Waals surface area contributed by atoms with Crippen LogP contribution >= 0.6 is 11.6 Å². The van der Waals surface area contributed by atoms with Gasteiger partial charge in [-0.1, -0.05) is 86.5 Å². The lowest BCUT2D eigenvalue weighted by Crippen LogP contribution is -2.60. The summed E-state index contributed by atoms with van der Waals surface area (Å²) >= 11 is 6.60. The number of ether oxygens (including phenoxy) is 1. The van der Waals surface area contributed by atoms with Crippen molar-refractivity contribution in [3.05, 3.63) is 90.5 Å². The number of hydrogen-bond donors (Lipinski definition) is 1. The first kappa shape index (κ1) is 32.9. The second-order valence-corrected chi connectivity index (χ2v) is 13.2. The van der Waals surface area contributed by atoms with Crippen LogP contribution in [0.25, 0.3) is 0 Å². The van der Waals surface area contributed by atoms with E-state index in [0.29, 0.717) is 43.1 Å². The molecule has 0 radical (unpaired) electrons. The number of para-hydroxylation sites is 1. The van der Waals surface area contributed by atoms with Crippen LogP contribution in [0, 0.1) is 17.8 Å². The van der Waals surface area contributed by atoms with Crippen molar-refractivity contribution in [1.82, 2.24) is 9.80 Å². The van der Waals surface area contributed by atoms with Crippen LogP contribution in [0.2, 0.25) is 5.02 Å². The number of anilines is 1. The fourth-order valence-electron chi connectivity index (χ4n) is 7.83. The van der Waals surface area contributed by atoms with E-state index in [1.165, 1.54) is 4.90 Å². The van der Waals surface area contributed by atoms with Crippen LogP contribution < -0.4 is 4.90 Å². The molecule has 2 bridgehead atoms. The number of hydrogen-bond acceptors (Lipinski definition) is 5. The number of amides is 3. The maximum absolute atomic E-state index is 14.9. The zero-order chi connectivity index (χ0) is 32.5. The Morgan fingerprint density at radius 3 is 2.38 bits per heavy atom. The number of nitrogens with zero attached hydrogens (tertiary/aromatic N) is 3. The van der Waals surface area contributed by atoms with E-state index in [4.69, 9.17) is 16.3 Å². The highest BCUT2D eigenvalue weighted by Gasteiger charge is 2.79. The van der Waals surface area contributed by atoms with E-state index in [2.05, 4.69) is 13.2 Å². The number of carbonyl (C=O) groups is 3. The highest BCUT2D eigenvalue weighted by atomic mass is 35.5. The molecule has 0 saturated carbocycles. The van der Waals surface area contributed by atoms with Gasteiger partial charge in [-0.05, 0) is 43.4 Å². The zero-order valence-corrected chi connectivity index (χ0v) is 27.2. The van der Waals surface area contributed by atoms with Gasteiger partial charge in [-0.25, -0.2) is 0 Å². The lowest BCUT2D eigenvalue weighted by atomic mass is 9.66. The molecule has 240 valence electrons. The van der Waals surface area contributed by atoms with Crippen LogP contribution in [0.15, 0.2) is 79.9 Å². The third-order valence-electron chi connectivity index (χ3n) is 10.2. The number of benzene rings is 2. The van der Waals surface area contributed by atoms with Gasteiger partial charge in [0.2, 0.25) is 11.8 Å². The molecule has 2 unspecified atom stereocenters. The Labute approximate surface area is 271 Å². The quantitative estimate of drug-likeness (QED) is 0.305. The predicted molar refractivity (Wildman–Crippen MR) is 175 cm³/mol. The number of aliphatic hydroxyl groups excluding tert-OH is 1. The van der Waals surface area contributed by atoms with Crippen molar-refractivity contribution < 1.29 is 24.2 Å². The summed E-state index contributed by atoms with van der Waals surface area (Å²) in [6.45, 7) is 14.1. The second-order valence-electron chi connectivity index (χ2n) is 12.8. The maximum atomic E-state index is 14.9. The van der Waals surface area contributed by atoms with Crippen LogP contribution in [0.5, 0.6) is 0 Å². The number of aliphatic hydroxyl groups is 1. The van der Waals surface area contributed by atoms with Crippen molar-refractivity contribution in [3.8, 4) is 0 Å². The van der Waals surface area contributed by atoms with Crippen molar-refractivity contribution in [2.75, 3.05) is 24.6 Å². The molecule has 3 fully saturated rings. The molecule has 3 heterocycles. The number of halogens is 1. The molecule has 5 rings (SSSR count). The molecule has 9 heteroatoms. The summed E-state index contributed by atoms with van der Waals surface area (Å²) in [7, 11) is 0. The number of rotatable bonds is 13. The molecule has 1 spiro atoms. The summed E-state index contributed by atoms with van der Waals surface area (Å²) in [4.78, 5) is 49.1. The Balaban J connectivity index is 1.62. The zero-order valence-electron chi connectivity index (χ0n) is 26.4.